The van der Waals surface area contributed by atoms with Gasteiger partial charge in [-0.3, -0.25) is 9.80 Å². The number of oxazole rings is 1. The van der Waals surface area contributed by atoms with Crippen molar-refractivity contribution in [2.75, 3.05) is 26.2 Å². The third kappa shape index (κ3) is 4.38. The molecule has 0 bridgehead atoms. The summed E-state index contributed by atoms with van der Waals surface area (Å²) >= 11 is 1.64. The minimum atomic E-state index is -0.176. The van der Waals surface area contributed by atoms with Crippen LogP contribution in [0.25, 0.3) is 10.8 Å². The van der Waals surface area contributed by atoms with Gasteiger partial charge in [0, 0.05) is 26.2 Å². The van der Waals surface area contributed by atoms with Gasteiger partial charge < -0.3 is 4.42 Å². The van der Waals surface area contributed by atoms with Crippen molar-refractivity contribution in [1.82, 2.24) is 14.8 Å². The summed E-state index contributed by atoms with van der Waals surface area (Å²) in [6, 6.07) is 10.9. The van der Waals surface area contributed by atoms with E-state index in [1.807, 2.05) is 29.6 Å². The number of hydrogen-bond acceptors (Lipinski definition) is 5. The minimum Gasteiger partial charge on any atom is -0.444 e. The van der Waals surface area contributed by atoms with Gasteiger partial charge in [0.05, 0.1) is 10.6 Å². The largest absolute Gasteiger partial charge is 0.444 e. The molecule has 4 nitrogen and oxygen atoms in total. The number of hydrogen-bond donors (Lipinski definition) is 0. The van der Waals surface area contributed by atoms with Crippen LogP contribution in [-0.2, 0) is 13.1 Å². The molecule has 0 N–H and O–H groups in total. The predicted octanol–water partition coefficient (Wildman–Crippen LogP) is 4.25. The molecule has 6 heteroatoms. The van der Waals surface area contributed by atoms with Crippen molar-refractivity contribution in [1.29, 1.82) is 0 Å². The summed E-state index contributed by atoms with van der Waals surface area (Å²) in [5, 5.41) is 2.03. The third-order valence-electron chi connectivity index (χ3n) is 4.67. The van der Waals surface area contributed by atoms with E-state index in [0.29, 0.717) is 5.89 Å². The van der Waals surface area contributed by atoms with Crippen molar-refractivity contribution in [2.45, 2.75) is 19.5 Å². The van der Waals surface area contributed by atoms with Gasteiger partial charge in [0.1, 0.15) is 12.1 Å². The van der Waals surface area contributed by atoms with E-state index in [-0.39, 0.29) is 5.82 Å². The summed E-state index contributed by atoms with van der Waals surface area (Å²) in [5.74, 6) is 0.535. The van der Waals surface area contributed by atoms with Crippen molar-refractivity contribution in [2.24, 2.45) is 0 Å². The van der Waals surface area contributed by atoms with Crippen LogP contribution in [0, 0.1) is 5.82 Å². The van der Waals surface area contributed by atoms with Crippen LogP contribution in [0.3, 0.4) is 0 Å². The maximum atomic E-state index is 13.0. The van der Waals surface area contributed by atoms with E-state index in [9.17, 15) is 4.39 Å². The summed E-state index contributed by atoms with van der Waals surface area (Å²) < 4.78 is 18.7. The summed E-state index contributed by atoms with van der Waals surface area (Å²) in [4.78, 5) is 10.6. The number of nitrogens with zero attached hydrogens (tertiary/aromatic N) is 3. The number of benzene rings is 1. The van der Waals surface area contributed by atoms with E-state index in [1.165, 1.54) is 12.1 Å². The van der Waals surface area contributed by atoms with Crippen LogP contribution in [0.4, 0.5) is 4.39 Å². The molecule has 0 amide bonds. The Morgan fingerprint density at radius 3 is 2.50 bits per heavy atom. The van der Waals surface area contributed by atoms with Crippen molar-refractivity contribution < 1.29 is 8.81 Å². The van der Waals surface area contributed by atoms with Crippen LogP contribution in [0.2, 0.25) is 0 Å². The quantitative estimate of drug-likeness (QED) is 0.671. The second-order valence-electron chi connectivity index (χ2n) is 6.65. The Morgan fingerprint density at radius 1 is 1.00 bits per heavy atom. The Balaban J connectivity index is 1.31. The highest BCUT2D eigenvalue weighted by Gasteiger charge is 2.17. The van der Waals surface area contributed by atoms with Gasteiger partial charge in [0.15, 0.2) is 0 Å². The van der Waals surface area contributed by atoms with Crippen LogP contribution in [-0.4, -0.2) is 41.0 Å². The lowest BCUT2D eigenvalue weighted by molar-refractivity contribution is 0.245. The molecule has 2 aromatic heterocycles. The molecule has 3 aromatic rings. The normalized spacial score (nSPS) is 16.7. The van der Waals surface area contributed by atoms with Gasteiger partial charge in [0.2, 0.25) is 5.89 Å². The molecule has 0 atom stereocenters. The molecule has 0 saturated carbocycles. The lowest BCUT2D eigenvalue weighted by Crippen LogP contribution is -2.30. The minimum absolute atomic E-state index is 0.176. The molecule has 3 heterocycles. The Bertz CT molecular complexity index is 816. The van der Waals surface area contributed by atoms with E-state index >= 15 is 0 Å². The number of rotatable bonds is 5. The van der Waals surface area contributed by atoms with Crippen molar-refractivity contribution in [3.63, 3.8) is 0 Å². The van der Waals surface area contributed by atoms with Gasteiger partial charge in [-0.25, -0.2) is 9.37 Å². The first kappa shape index (κ1) is 17.4. The van der Waals surface area contributed by atoms with E-state index in [0.717, 1.165) is 61.8 Å². The zero-order chi connectivity index (χ0) is 17.8. The van der Waals surface area contributed by atoms with Crippen molar-refractivity contribution in [3.05, 3.63) is 65.1 Å². The van der Waals surface area contributed by atoms with E-state index in [1.54, 1.807) is 17.6 Å². The maximum Gasteiger partial charge on any atom is 0.236 e. The number of halogens is 1. The van der Waals surface area contributed by atoms with E-state index < -0.39 is 0 Å². The Hall–Kier alpha value is -2.02. The zero-order valence-electron chi connectivity index (χ0n) is 14.6. The van der Waals surface area contributed by atoms with Gasteiger partial charge in [0.25, 0.3) is 0 Å². The number of thiophene rings is 1. The SMILES string of the molecule is Fc1ccc(CN2CCCN(Cc3coc(-c4cccs4)n3)CC2)cc1. The molecule has 1 aliphatic heterocycles. The summed E-state index contributed by atoms with van der Waals surface area (Å²) in [6.07, 6.45) is 2.90. The van der Waals surface area contributed by atoms with Crippen LogP contribution in [0.15, 0.2) is 52.5 Å². The molecule has 1 saturated heterocycles. The lowest BCUT2D eigenvalue weighted by atomic mass is 10.2. The monoisotopic (exact) mass is 371 g/mol. The molecule has 1 fully saturated rings. The van der Waals surface area contributed by atoms with Gasteiger partial charge in [-0.1, -0.05) is 18.2 Å². The van der Waals surface area contributed by atoms with E-state index in [4.69, 9.17) is 4.42 Å². The van der Waals surface area contributed by atoms with Gasteiger partial charge in [-0.15, -0.1) is 11.3 Å². The third-order valence-corrected chi connectivity index (χ3v) is 5.53. The molecule has 1 aromatic carbocycles. The van der Waals surface area contributed by atoms with Crippen molar-refractivity contribution >= 4 is 11.3 Å². The summed E-state index contributed by atoms with van der Waals surface area (Å²) in [5.41, 5.74) is 2.15. The van der Waals surface area contributed by atoms with E-state index in [2.05, 4.69) is 14.8 Å². The molecule has 4 rings (SSSR count). The molecular formula is C20H22FN3OS. The second kappa shape index (κ2) is 8.12. The molecule has 0 aliphatic carbocycles. The van der Waals surface area contributed by atoms with Gasteiger partial charge in [-0.05, 0) is 48.7 Å². The molecular weight excluding hydrogens is 349 g/mol. The molecule has 136 valence electrons. The Morgan fingerprint density at radius 2 is 1.77 bits per heavy atom. The standard InChI is InChI=1S/C20H22FN3OS/c21-17-6-4-16(5-7-17)13-23-8-2-9-24(11-10-23)14-18-15-25-20(22-18)19-3-1-12-26-19/h1,3-7,12,15H,2,8-11,13-14H2. The highest BCUT2D eigenvalue weighted by molar-refractivity contribution is 7.13. The smallest absolute Gasteiger partial charge is 0.236 e. The van der Waals surface area contributed by atoms with Crippen molar-refractivity contribution in [3.8, 4) is 10.8 Å². The molecule has 0 spiro atoms. The molecule has 0 unspecified atom stereocenters. The lowest BCUT2D eigenvalue weighted by Gasteiger charge is -2.21. The van der Waals surface area contributed by atoms with Crippen LogP contribution < -0.4 is 0 Å². The first-order chi connectivity index (χ1) is 12.8. The average molecular weight is 371 g/mol. The fraction of sp³-hybridized carbons (Fsp3) is 0.350. The summed E-state index contributed by atoms with van der Waals surface area (Å²) in [7, 11) is 0. The first-order valence-electron chi connectivity index (χ1n) is 8.94. The zero-order valence-corrected chi connectivity index (χ0v) is 15.4. The van der Waals surface area contributed by atoms with Crippen LogP contribution >= 0.6 is 11.3 Å². The highest BCUT2D eigenvalue weighted by Crippen LogP contribution is 2.24. The topological polar surface area (TPSA) is 32.5 Å². The average Bonchev–Trinajstić information content (AvgIpc) is 3.28. The Labute approximate surface area is 156 Å². The van der Waals surface area contributed by atoms with Crippen LogP contribution in [0.5, 0.6) is 0 Å². The Kier molecular flexibility index (Phi) is 5.43. The fourth-order valence-electron chi connectivity index (χ4n) is 3.31. The second-order valence-corrected chi connectivity index (χ2v) is 7.60. The fourth-order valence-corrected chi connectivity index (χ4v) is 3.97. The van der Waals surface area contributed by atoms with Gasteiger partial charge >= 0.3 is 0 Å². The summed E-state index contributed by atoms with van der Waals surface area (Å²) in [6.45, 7) is 5.82. The molecule has 0 radical (unpaired) electrons. The molecule has 1 aliphatic rings. The maximum absolute atomic E-state index is 13.0. The van der Waals surface area contributed by atoms with Gasteiger partial charge in [-0.2, -0.15) is 0 Å². The highest BCUT2D eigenvalue weighted by atomic mass is 32.1. The molecule has 26 heavy (non-hydrogen) atoms. The van der Waals surface area contributed by atoms with Crippen LogP contribution in [0.1, 0.15) is 17.7 Å². The first-order valence-corrected chi connectivity index (χ1v) is 9.82. The predicted molar refractivity (Wildman–Crippen MR) is 101 cm³/mol. The number of aromatic nitrogens is 1.